The summed E-state index contributed by atoms with van der Waals surface area (Å²) in [7, 11) is 0. The Morgan fingerprint density at radius 2 is 2.56 bits per heavy atom. The van der Waals surface area contributed by atoms with E-state index >= 15 is 0 Å². The molecule has 1 aliphatic rings. The third-order valence-corrected chi connectivity index (χ3v) is 2.98. The lowest BCUT2D eigenvalue weighted by Gasteiger charge is -2.13. The molecule has 2 N–H and O–H groups in total. The van der Waals surface area contributed by atoms with Crippen molar-refractivity contribution < 1.29 is 9.32 Å². The molecule has 1 aliphatic heterocycles. The van der Waals surface area contributed by atoms with Crippen LogP contribution in [0.1, 0.15) is 24.8 Å². The van der Waals surface area contributed by atoms with E-state index in [1.807, 2.05) is 19.9 Å². The Morgan fingerprint density at radius 3 is 3.12 bits per heavy atom. The fourth-order valence-electron chi connectivity index (χ4n) is 2.02. The van der Waals surface area contributed by atoms with Crippen molar-refractivity contribution in [2.24, 2.45) is 5.92 Å². The molecule has 16 heavy (non-hydrogen) atoms. The molecular formula is C11H17N3O2. The molecule has 1 amide bonds. The molecule has 1 saturated heterocycles. The molecule has 0 radical (unpaired) electrons. The van der Waals surface area contributed by atoms with E-state index in [4.69, 9.17) is 4.52 Å². The lowest BCUT2D eigenvalue weighted by atomic mass is 10.0. The summed E-state index contributed by atoms with van der Waals surface area (Å²) in [6.07, 6.45) is 0.905. The van der Waals surface area contributed by atoms with Crippen LogP contribution in [0, 0.1) is 12.8 Å². The quantitative estimate of drug-likeness (QED) is 0.787. The minimum absolute atomic E-state index is 0.0732. The molecule has 0 aliphatic carbocycles. The lowest BCUT2D eigenvalue weighted by Crippen LogP contribution is -2.36. The molecule has 2 heterocycles. The highest BCUT2D eigenvalue weighted by Gasteiger charge is 2.29. The Kier molecular flexibility index (Phi) is 3.24. The molecule has 0 spiro atoms. The van der Waals surface area contributed by atoms with Crippen LogP contribution in [0.2, 0.25) is 0 Å². The summed E-state index contributed by atoms with van der Waals surface area (Å²) in [5.74, 6) is 0.861. The first kappa shape index (κ1) is 11.1. The van der Waals surface area contributed by atoms with Gasteiger partial charge in [0.05, 0.1) is 18.2 Å². The molecule has 2 unspecified atom stereocenters. The van der Waals surface area contributed by atoms with Gasteiger partial charge in [-0.05, 0) is 26.8 Å². The molecule has 5 nitrogen and oxygen atoms in total. The summed E-state index contributed by atoms with van der Waals surface area (Å²) in [5, 5.41) is 9.90. The van der Waals surface area contributed by atoms with Crippen LogP contribution in [0.5, 0.6) is 0 Å². The first-order valence-electron chi connectivity index (χ1n) is 5.60. The largest absolute Gasteiger partial charge is 0.359 e. The van der Waals surface area contributed by atoms with Gasteiger partial charge >= 0.3 is 0 Å². The highest BCUT2D eigenvalue weighted by atomic mass is 16.5. The number of nitrogens with one attached hydrogen (secondary N) is 2. The molecule has 88 valence electrons. The molecule has 2 atom stereocenters. The normalized spacial score (nSPS) is 24.6. The van der Waals surface area contributed by atoms with Gasteiger partial charge in [-0.15, -0.1) is 0 Å². The number of amides is 1. The maximum absolute atomic E-state index is 11.8. The van der Waals surface area contributed by atoms with E-state index in [0.29, 0.717) is 12.3 Å². The molecule has 1 aromatic rings. The standard InChI is InChI=1S/C11H17N3O2/c1-7-5-9(16-14-7)6-13-11(15)10-3-4-12-8(10)2/h5,8,10,12H,3-4,6H2,1-2H3,(H,13,15). The van der Waals surface area contributed by atoms with Crippen LogP contribution in [-0.4, -0.2) is 23.7 Å². The van der Waals surface area contributed by atoms with Gasteiger partial charge in [-0.1, -0.05) is 5.16 Å². The molecule has 0 saturated carbocycles. The van der Waals surface area contributed by atoms with Crippen molar-refractivity contribution >= 4 is 5.91 Å². The fraction of sp³-hybridized carbons (Fsp3) is 0.636. The minimum atomic E-state index is 0.0732. The number of aryl methyl sites for hydroxylation is 1. The maximum Gasteiger partial charge on any atom is 0.225 e. The van der Waals surface area contributed by atoms with Crippen molar-refractivity contribution in [2.75, 3.05) is 6.54 Å². The van der Waals surface area contributed by atoms with Crippen molar-refractivity contribution in [3.05, 3.63) is 17.5 Å². The predicted molar refractivity (Wildman–Crippen MR) is 58.7 cm³/mol. The summed E-state index contributed by atoms with van der Waals surface area (Å²) in [6.45, 7) is 5.23. The zero-order chi connectivity index (χ0) is 11.5. The number of nitrogens with zero attached hydrogens (tertiary/aromatic N) is 1. The Hall–Kier alpha value is -1.36. The monoisotopic (exact) mass is 223 g/mol. The number of hydrogen-bond acceptors (Lipinski definition) is 4. The lowest BCUT2D eigenvalue weighted by molar-refractivity contribution is -0.125. The molecule has 0 bridgehead atoms. The number of hydrogen-bond donors (Lipinski definition) is 2. The highest BCUT2D eigenvalue weighted by molar-refractivity contribution is 5.79. The second-order valence-corrected chi connectivity index (χ2v) is 4.29. The predicted octanol–water partition coefficient (Wildman–Crippen LogP) is 0.597. The van der Waals surface area contributed by atoms with Crippen LogP contribution in [0.4, 0.5) is 0 Å². The van der Waals surface area contributed by atoms with Gasteiger partial charge in [0.1, 0.15) is 0 Å². The van der Waals surface area contributed by atoms with Gasteiger partial charge in [0.2, 0.25) is 5.91 Å². The average molecular weight is 223 g/mol. The van der Waals surface area contributed by atoms with Gasteiger partial charge < -0.3 is 15.2 Å². The second-order valence-electron chi connectivity index (χ2n) is 4.29. The first-order chi connectivity index (χ1) is 7.66. The second kappa shape index (κ2) is 4.65. The molecular weight excluding hydrogens is 206 g/mol. The van der Waals surface area contributed by atoms with Crippen LogP contribution in [0.15, 0.2) is 10.6 Å². The van der Waals surface area contributed by atoms with E-state index < -0.39 is 0 Å². The van der Waals surface area contributed by atoms with E-state index in [1.165, 1.54) is 0 Å². The third kappa shape index (κ3) is 2.41. The molecule has 5 heteroatoms. The molecule has 1 fully saturated rings. The SMILES string of the molecule is Cc1cc(CNC(=O)C2CCNC2C)on1. The zero-order valence-electron chi connectivity index (χ0n) is 9.62. The van der Waals surface area contributed by atoms with Gasteiger partial charge in [0.15, 0.2) is 5.76 Å². The van der Waals surface area contributed by atoms with Crippen LogP contribution < -0.4 is 10.6 Å². The highest BCUT2D eigenvalue weighted by Crippen LogP contribution is 2.15. The van der Waals surface area contributed by atoms with Gasteiger partial charge in [0.25, 0.3) is 0 Å². The van der Waals surface area contributed by atoms with E-state index in [2.05, 4.69) is 15.8 Å². The Labute approximate surface area is 94.6 Å². The zero-order valence-corrected chi connectivity index (χ0v) is 9.62. The maximum atomic E-state index is 11.8. The van der Waals surface area contributed by atoms with Crippen molar-refractivity contribution in [1.29, 1.82) is 0 Å². The Morgan fingerprint density at radius 1 is 1.75 bits per heavy atom. The summed E-state index contributed by atoms with van der Waals surface area (Å²) in [5.41, 5.74) is 0.833. The molecule has 1 aromatic heterocycles. The van der Waals surface area contributed by atoms with Crippen LogP contribution in [0.25, 0.3) is 0 Å². The Bertz CT molecular complexity index is 375. The van der Waals surface area contributed by atoms with Crippen molar-refractivity contribution in [1.82, 2.24) is 15.8 Å². The van der Waals surface area contributed by atoms with Gasteiger partial charge in [-0.3, -0.25) is 4.79 Å². The smallest absolute Gasteiger partial charge is 0.225 e. The summed E-state index contributed by atoms with van der Waals surface area (Å²) in [4.78, 5) is 11.8. The number of rotatable bonds is 3. The average Bonchev–Trinajstić information content (AvgIpc) is 2.84. The summed E-state index contributed by atoms with van der Waals surface area (Å²) < 4.78 is 5.02. The topological polar surface area (TPSA) is 67.2 Å². The fourth-order valence-corrected chi connectivity index (χ4v) is 2.02. The summed E-state index contributed by atoms with van der Waals surface area (Å²) >= 11 is 0. The number of carbonyl (C=O) groups excluding carboxylic acids is 1. The van der Waals surface area contributed by atoms with E-state index in [-0.39, 0.29) is 17.9 Å². The minimum Gasteiger partial charge on any atom is -0.359 e. The van der Waals surface area contributed by atoms with E-state index in [0.717, 1.165) is 18.7 Å². The van der Waals surface area contributed by atoms with E-state index in [9.17, 15) is 4.79 Å². The van der Waals surface area contributed by atoms with Crippen LogP contribution in [-0.2, 0) is 11.3 Å². The van der Waals surface area contributed by atoms with Crippen molar-refractivity contribution in [3.63, 3.8) is 0 Å². The third-order valence-electron chi connectivity index (χ3n) is 2.98. The van der Waals surface area contributed by atoms with Gasteiger partial charge in [0, 0.05) is 12.1 Å². The number of carbonyl (C=O) groups is 1. The summed E-state index contributed by atoms with van der Waals surface area (Å²) in [6, 6.07) is 2.09. The molecule has 0 aromatic carbocycles. The van der Waals surface area contributed by atoms with Crippen LogP contribution >= 0.6 is 0 Å². The van der Waals surface area contributed by atoms with Gasteiger partial charge in [-0.2, -0.15) is 0 Å². The van der Waals surface area contributed by atoms with Crippen molar-refractivity contribution in [3.8, 4) is 0 Å². The molecule has 2 rings (SSSR count). The van der Waals surface area contributed by atoms with E-state index in [1.54, 1.807) is 0 Å². The number of aromatic nitrogens is 1. The first-order valence-corrected chi connectivity index (χ1v) is 5.60. The van der Waals surface area contributed by atoms with Crippen molar-refractivity contribution in [2.45, 2.75) is 32.9 Å². The van der Waals surface area contributed by atoms with Gasteiger partial charge in [-0.25, -0.2) is 0 Å². The Balaban J connectivity index is 1.83. The van der Waals surface area contributed by atoms with Crippen LogP contribution in [0.3, 0.4) is 0 Å².